The van der Waals surface area contributed by atoms with Crippen molar-refractivity contribution in [1.82, 2.24) is 0 Å². The zero-order valence-electron chi connectivity index (χ0n) is 16.0. The summed E-state index contributed by atoms with van der Waals surface area (Å²) in [5.41, 5.74) is -0.264. The number of rotatable bonds is 12. The molecule has 0 rings (SSSR count). The summed E-state index contributed by atoms with van der Waals surface area (Å²) in [6, 6.07) is 0. The van der Waals surface area contributed by atoms with E-state index in [9.17, 15) is 19.2 Å². The van der Waals surface area contributed by atoms with Crippen LogP contribution in [-0.2, 0) is 38.1 Å². The molecule has 0 spiro atoms. The molecule has 1 unspecified atom stereocenters. The predicted octanol–water partition coefficient (Wildman–Crippen LogP) is 1.98. The van der Waals surface area contributed by atoms with Gasteiger partial charge < -0.3 is 18.9 Å². The molecule has 8 heteroatoms. The van der Waals surface area contributed by atoms with Gasteiger partial charge in [0.05, 0.1) is 5.57 Å². The van der Waals surface area contributed by atoms with Gasteiger partial charge in [-0.2, -0.15) is 0 Å². The number of esters is 4. The van der Waals surface area contributed by atoms with Gasteiger partial charge in [-0.15, -0.1) is 0 Å². The highest BCUT2D eigenvalue weighted by Crippen LogP contribution is 2.14. The Balaban J connectivity index is 5.82. The van der Waals surface area contributed by atoms with Crippen LogP contribution in [0.3, 0.4) is 0 Å². The van der Waals surface area contributed by atoms with Crippen molar-refractivity contribution in [1.29, 1.82) is 0 Å². The van der Waals surface area contributed by atoms with Crippen molar-refractivity contribution in [3.05, 3.63) is 61.3 Å². The van der Waals surface area contributed by atoms with E-state index in [1.807, 2.05) is 0 Å². The first-order valence-electron chi connectivity index (χ1n) is 8.10. The molecule has 0 fully saturated rings. The highest BCUT2D eigenvalue weighted by molar-refractivity contribution is 5.98. The van der Waals surface area contributed by atoms with E-state index >= 15 is 0 Å². The Morgan fingerprint density at radius 2 is 1.36 bits per heavy atom. The number of ether oxygens (including phenoxy) is 4. The van der Waals surface area contributed by atoms with Crippen LogP contribution in [0.4, 0.5) is 0 Å². The quantitative estimate of drug-likeness (QED) is 0.215. The maximum atomic E-state index is 12.3. The van der Waals surface area contributed by atoms with E-state index in [1.54, 1.807) is 0 Å². The van der Waals surface area contributed by atoms with Crippen molar-refractivity contribution in [3.63, 3.8) is 0 Å². The topological polar surface area (TPSA) is 105 Å². The van der Waals surface area contributed by atoms with Crippen LogP contribution in [0.15, 0.2) is 61.3 Å². The normalized spacial score (nSPS) is 11.4. The first-order chi connectivity index (χ1) is 13.1. The Labute approximate surface area is 163 Å². The second kappa shape index (κ2) is 12.9. The smallest absolute Gasteiger partial charge is 0.338 e. The fraction of sp³-hybridized carbons (Fsp3) is 0.300. The van der Waals surface area contributed by atoms with Crippen molar-refractivity contribution in [2.45, 2.75) is 20.0 Å². The van der Waals surface area contributed by atoms with Crippen LogP contribution in [0.1, 0.15) is 13.8 Å². The van der Waals surface area contributed by atoms with Crippen molar-refractivity contribution >= 4 is 23.9 Å². The van der Waals surface area contributed by atoms with Gasteiger partial charge in [-0.3, -0.25) is 0 Å². The maximum Gasteiger partial charge on any atom is 0.338 e. The van der Waals surface area contributed by atoms with Gasteiger partial charge in [-0.1, -0.05) is 38.5 Å². The molecule has 28 heavy (non-hydrogen) atoms. The average molecular weight is 392 g/mol. The lowest BCUT2D eigenvalue weighted by molar-refractivity contribution is -0.154. The highest BCUT2D eigenvalue weighted by Gasteiger charge is 2.29. The molecule has 0 aliphatic heterocycles. The second-order valence-electron chi connectivity index (χ2n) is 5.46. The van der Waals surface area contributed by atoms with Crippen molar-refractivity contribution in [2.24, 2.45) is 0 Å². The number of hydrogen-bond donors (Lipinski definition) is 0. The number of carbonyl (C=O) groups excluding carboxylic acids is 4. The standard InChI is InChI=1S/C20H24O8/c1-7-9-25-17(21)11-15(20(24)26-10-8-2)16(28-19(23)14(5)6)12-27-18(22)13(3)4/h7-8,11,16H,1-3,5,9-10,12H2,4,6H3/b15-11-. The van der Waals surface area contributed by atoms with E-state index in [0.717, 1.165) is 6.08 Å². The molecule has 0 radical (unpaired) electrons. The van der Waals surface area contributed by atoms with E-state index in [1.165, 1.54) is 26.0 Å². The molecule has 0 aliphatic carbocycles. The van der Waals surface area contributed by atoms with Crippen LogP contribution >= 0.6 is 0 Å². The van der Waals surface area contributed by atoms with Crippen LogP contribution in [0, 0.1) is 0 Å². The van der Waals surface area contributed by atoms with Gasteiger partial charge in [0.2, 0.25) is 0 Å². The maximum absolute atomic E-state index is 12.3. The van der Waals surface area contributed by atoms with E-state index in [4.69, 9.17) is 18.9 Å². The van der Waals surface area contributed by atoms with Crippen LogP contribution < -0.4 is 0 Å². The minimum atomic E-state index is -1.44. The summed E-state index contributed by atoms with van der Waals surface area (Å²) < 4.78 is 19.8. The zero-order chi connectivity index (χ0) is 21.7. The lowest BCUT2D eigenvalue weighted by atomic mass is 10.1. The largest absolute Gasteiger partial charge is 0.458 e. The first kappa shape index (κ1) is 24.6. The van der Waals surface area contributed by atoms with Gasteiger partial charge in [-0.25, -0.2) is 19.2 Å². The summed E-state index contributed by atoms with van der Waals surface area (Å²) in [5.74, 6) is -3.53. The zero-order valence-corrected chi connectivity index (χ0v) is 16.0. The summed E-state index contributed by atoms with van der Waals surface area (Å²) in [7, 11) is 0. The highest BCUT2D eigenvalue weighted by atomic mass is 16.6. The third kappa shape index (κ3) is 9.33. The molecule has 0 bridgehead atoms. The minimum absolute atomic E-state index is 0.0317. The van der Waals surface area contributed by atoms with Gasteiger partial charge in [0.1, 0.15) is 19.8 Å². The van der Waals surface area contributed by atoms with Crippen LogP contribution in [0.2, 0.25) is 0 Å². The lowest BCUT2D eigenvalue weighted by Crippen LogP contribution is -2.32. The van der Waals surface area contributed by atoms with Gasteiger partial charge in [0.15, 0.2) is 6.10 Å². The summed E-state index contributed by atoms with van der Waals surface area (Å²) >= 11 is 0. The molecule has 0 aliphatic rings. The fourth-order valence-corrected chi connectivity index (χ4v) is 1.50. The molecular weight excluding hydrogens is 368 g/mol. The number of carbonyl (C=O) groups is 4. The molecule has 0 aromatic heterocycles. The van der Waals surface area contributed by atoms with Crippen LogP contribution in [0.25, 0.3) is 0 Å². The van der Waals surface area contributed by atoms with Gasteiger partial charge >= 0.3 is 23.9 Å². The van der Waals surface area contributed by atoms with Crippen molar-refractivity contribution < 1.29 is 38.1 Å². The molecule has 1 atom stereocenters. The summed E-state index contributed by atoms with van der Waals surface area (Å²) in [6.45, 7) is 15.7. The third-order valence-corrected chi connectivity index (χ3v) is 2.84. The molecule has 0 aromatic carbocycles. The molecule has 152 valence electrons. The van der Waals surface area contributed by atoms with E-state index in [-0.39, 0.29) is 29.9 Å². The van der Waals surface area contributed by atoms with Crippen LogP contribution in [-0.4, -0.2) is 49.8 Å². The average Bonchev–Trinajstić information content (AvgIpc) is 2.65. The Morgan fingerprint density at radius 1 is 0.821 bits per heavy atom. The predicted molar refractivity (Wildman–Crippen MR) is 101 cm³/mol. The fourth-order valence-electron chi connectivity index (χ4n) is 1.50. The second-order valence-corrected chi connectivity index (χ2v) is 5.46. The summed E-state index contributed by atoms with van der Waals surface area (Å²) in [4.78, 5) is 47.8. The molecule has 0 N–H and O–H groups in total. The van der Waals surface area contributed by atoms with E-state index in [0.29, 0.717) is 0 Å². The molecule has 0 amide bonds. The Morgan fingerprint density at radius 3 is 1.86 bits per heavy atom. The lowest BCUT2D eigenvalue weighted by Gasteiger charge is -2.20. The van der Waals surface area contributed by atoms with Gasteiger partial charge in [0, 0.05) is 17.2 Å². The molecular formula is C20H24O8. The van der Waals surface area contributed by atoms with E-state index < -0.39 is 36.6 Å². The monoisotopic (exact) mass is 392 g/mol. The summed E-state index contributed by atoms with van der Waals surface area (Å²) in [5, 5.41) is 0. The molecule has 8 nitrogen and oxygen atoms in total. The first-order valence-corrected chi connectivity index (χ1v) is 8.10. The van der Waals surface area contributed by atoms with Crippen LogP contribution in [0.5, 0.6) is 0 Å². The van der Waals surface area contributed by atoms with Gasteiger partial charge in [0.25, 0.3) is 0 Å². The molecule has 0 saturated heterocycles. The summed E-state index contributed by atoms with van der Waals surface area (Å²) in [6.07, 6.45) is 1.98. The Bertz CT molecular complexity index is 699. The third-order valence-electron chi connectivity index (χ3n) is 2.84. The van der Waals surface area contributed by atoms with Gasteiger partial charge in [-0.05, 0) is 13.8 Å². The molecule has 0 aromatic rings. The Kier molecular flexibility index (Phi) is 11.3. The molecule has 0 saturated carbocycles. The molecule has 0 heterocycles. The minimum Gasteiger partial charge on any atom is -0.458 e. The van der Waals surface area contributed by atoms with Crippen molar-refractivity contribution in [3.8, 4) is 0 Å². The van der Waals surface area contributed by atoms with Crippen molar-refractivity contribution in [2.75, 3.05) is 19.8 Å². The SMILES string of the molecule is C=CCOC(=O)/C=C(\C(=O)OCC=C)C(COC(=O)C(=C)C)OC(=O)C(=C)C. The number of hydrogen-bond acceptors (Lipinski definition) is 8. The van der Waals surface area contributed by atoms with E-state index in [2.05, 4.69) is 26.3 Å². The Hall–Kier alpha value is -3.42.